The van der Waals surface area contributed by atoms with Crippen molar-refractivity contribution in [3.63, 3.8) is 0 Å². The van der Waals surface area contributed by atoms with Crippen molar-refractivity contribution < 1.29 is 9.53 Å². The van der Waals surface area contributed by atoms with Gasteiger partial charge in [0.2, 0.25) is 5.91 Å². The smallest absolute Gasteiger partial charge is 0.225 e. The number of aliphatic imine (C=N–C) groups is 1. The molecule has 0 spiro atoms. The summed E-state index contributed by atoms with van der Waals surface area (Å²) < 4.78 is 5.34. The molecule has 1 heterocycles. The molecular weight excluding hydrogens is 366 g/mol. The van der Waals surface area contributed by atoms with Crippen LogP contribution in [0.5, 0.6) is 0 Å². The van der Waals surface area contributed by atoms with Gasteiger partial charge in [-0.3, -0.25) is 14.7 Å². The van der Waals surface area contributed by atoms with Gasteiger partial charge >= 0.3 is 0 Å². The van der Waals surface area contributed by atoms with Crippen LogP contribution in [-0.2, 0) is 16.1 Å². The number of guanidine groups is 1. The minimum atomic E-state index is 0.0456. The topological polar surface area (TPSA) is 78.0 Å². The fourth-order valence-corrected chi connectivity index (χ4v) is 3.29. The second kappa shape index (κ2) is 13.2. The van der Waals surface area contributed by atoms with E-state index in [1.807, 2.05) is 24.3 Å². The number of ether oxygens (including phenoxy) is 1. The van der Waals surface area contributed by atoms with Gasteiger partial charge in [-0.15, -0.1) is 0 Å². The lowest BCUT2D eigenvalue weighted by molar-refractivity contribution is -0.116. The molecule has 1 fully saturated rings. The first kappa shape index (κ1) is 23.2. The van der Waals surface area contributed by atoms with Crippen LogP contribution in [0.2, 0.25) is 0 Å². The van der Waals surface area contributed by atoms with Gasteiger partial charge in [-0.1, -0.05) is 38.8 Å². The lowest BCUT2D eigenvalue weighted by atomic mass is 10.0. The minimum Gasteiger partial charge on any atom is -0.379 e. The molecule has 1 aromatic rings. The number of benzene rings is 1. The molecule has 1 saturated heterocycles. The lowest BCUT2D eigenvalue weighted by Crippen LogP contribution is -2.39. The summed E-state index contributed by atoms with van der Waals surface area (Å²) in [6.07, 6.45) is 2.82. The Hall–Kier alpha value is -2.12. The molecule has 0 bridgehead atoms. The van der Waals surface area contributed by atoms with Crippen molar-refractivity contribution in [2.24, 2.45) is 10.9 Å². The SMILES string of the molecule is CCC(CC)CNC(=NC)NCc1cccc(NC(=O)CCN2CCOCC2)c1. The van der Waals surface area contributed by atoms with Crippen molar-refractivity contribution in [2.45, 2.75) is 39.7 Å². The molecule has 0 saturated carbocycles. The van der Waals surface area contributed by atoms with Gasteiger partial charge in [-0.05, 0) is 23.6 Å². The van der Waals surface area contributed by atoms with Gasteiger partial charge in [0, 0.05) is 51.9 Å². The number of amides is 1. The van der Waals surface area contributed by atoms with E-state index in [9.17, 15) is 4.79 Å². The molecule has 29 heavy (non-hydrogen) atoms. The molecule has 2 rings (SSSR count). The second-order valence-corrected chi connectivity index (χ2v) is 7.44. The average Bonchev–Trinajstić information content (AvgIpc) is 2.76. The standard InChI is InChI=1S/C22H37N5O2/c1-4-18(5-2)16-24-22(23-3)25-17-19-7-6-8-20(15-19)26-21(28)9-10-27-11-13-29-14-12-27/h6-8,15,18H,4-5,9-14,16-17H2,1-3H3,(H,26,28)(H2,23,24,25). The van der Waals surface area contributed by atoms with Gasteiger partial charge in [-0.2, -0.15) is 0 Å². The van der Waals surface area contributed by atoms with Gasteiger partial charge in [0.05, 0.1) is 13.2 Å². The number of hydrogen-bond acceptors (Lipinski definition) is 4. The first-order valence-corrected chi connectivity index (χ1v) is 10.8. The predicted molar refractivity (Wildman–Crippen MR) is 119 cm³/mol. The van der Waals surface area contributed by atoms with E-state index in [4.69, 9.17) is 4.74 Å². The van der Waals surface area contributed by atoms with Crippen molar-refractivity contribution in [1.29, 1.82) is 0 Å². The third kappa shape index (κ3) is 8.83. The Morgan fingerprint density at radius 1 is 1.21 bits per heavy atom. The Labute approximate surface area is 175 Å². The molecule has 0 radical (unpaired) electrons. The molecule has 7 heteroatoms. The fourth-order valence-electron chi connectivity index (χ4n) is 3.29. The fraction of sp³-hybridized carbons (Fsp3) is 0.636. The highest BCUT2D eigenvalue weighted by atomic mass is 16.5. The quantitative estimate of drug-likeness (QED) is 0.413. The van der Waals surface area contributed by atoms with Crippen molar-refractivity contribution in [3.05, 3.63) is 29.8 Å². The van der Waals surface area contributed by atoms with E-state index < -0.39 is 0 Å². The maximum absolute atomic E-state index is 12.3. The zero-order chi connectivity index (χ0) is 20.9. The molecule has 1 aliphatic heterocycles. The Kier molecular flexibility index (Phi) is 10.5. The van der Waals surface area contributed by atoms with Gasteiger partial charge in [-0.25, -0.2) is 0 Å². The van der Waals surface area contributed by atoms with Crippen molar-refractivity contribution in [2.75, 3.05) is 51.8 Å². The van der Waals surface area contributed by atoms with Crippen LogP contribution in [0, 0.1) is 5.92 Å². The minimum absolute atomic E-state index is 0.0456. The van der Waals surface area contributed by atoms with E-state index in [2.05, 4.69) is 39.7 Å². The van der Waals surface area contributed by atoms with Gasteiger partial charge in [0.25, 0.3) is 0 Å². The summed E-state index contributed by atoms with van der Waals surface area (Å²) in [6.45, 7) is 10.1. The maximum Gasteiger partial charge on any atom is 0.225 e. The molecule has 1 aromatic carbocycles. The molecular formula is C22H37N5O2. The summed E-state index contributed by atoms with van der Waals surface area (Å²) in [5, 5.41) is 9.75. The van der Waals surface area contributed by atoms with Gasteiger partial charge < -0.3 is 20.7 Å². The molecule has 1 aliphatic rings. The van der Waals surface area contributed by atoms with Crippen LogP contribution >= 0.6 is 0 Å². The zero-order valence-corrected chi connectivity index (χ0v) is 18.2. The van der Waals surface area contributed by atoms with Gasteiger partial charge in [0.15, 0.2) is 5.96 Å². The maximum atomic E-state index is 12.3. The van der Waals surface area contributed by atoms with Crippen LogP contribution in [0.3, 0.4) is 0 Å². The number of carbonyl (C=O) groups is 1. The number of nitrogens with one attached hydrogen (secondary N) is 3. The van der Waals surface area contributed by atoms with Crippen LogP contribution in [0.4, 0.5) is 5.69 Å². The molecule has 7 nitrogen and oxygen atoms in total. The molecule has 3 N–H and O–H groups in total. The highest BCUT2D eigenvalue weighted by Gasteiger charge is 2.12. The molecule has 162 valence electrons. The van der Waals surface area contributed by atoms with Crippen molar-refractivity contribution in [1.82, 2.24) is 15.5 Å². The Bertz CT molecular complexity index is 640. The normalized spacial score (nSPS) is 15.4. The van der Waals surface area contributed by atoms with Crippen LogP contribution in [-0.4, -0.2) is 63.2 Å². The van der Waals surface area contributed by atoms with Crippen LogP contribution in [0.15, 0.2) is 29.3 Å². The van der Waals surface area contributed by atoms with E-state index >= 15 is 0 Å². The van der Waals surface area contributed by atoms with E-state index in [0.29, 0.717) is 18.9 Å². The summed E-state index contributed by atoms with van der Waals surface area (Å²) in [6, 6.07) is 7.95. The summed E-state index contributed by atoms with van der Waals surface area (Å²) in [7, 11) is 1.79. The number of nitrogens with zero attached hydrogens (tertiary/aromatic N) is 2. The molecule has 0 unspecified atom stereocenters. The highest BCUT2D eigenvalue weighted by Crippen LogP contribution is 2.11. The van der Waals surface area contributed by atoms with Gasteiger partial charge in [0.1, 0.15) is 0 Å². The van der Waals surface area contributed by atoms with E-state index in [1.54, 1.807) is 7.05 Å². The number of rotatable bonds is 10. The van der Waals surface area contributed by atoms with Crippen molar-refractivity contribution in [3.8, 4) is 0 Å². The number of anilines is 1. The van der Waals surface area contributed by atoms with E-state index in [1.165, 1.54) is 0 Å². The lowest BCUT2D eigenvalue weighted by Gasteiger charge is -2.26. The number of carbonyl (C=O) groups excluding carboxylic acids is 1. The van der Waals surface area contributed by atoms with Crippen molar-refractivity contribution >= 4 is 17.6 Å². The first-order valence-electron chi connectivity index (χ1n) is 10.8. The molecule has 0 aliphatic carbocycles. The van der Waals surface area contributed by atoms with E-state index in [0.717, 1.165) is 69.4 Å². The largest absolute Gasteiger partial charge is 0.379 e. The summed E-state index contributed by atoms with van der Waals surface area (Å²) >= 11 is 0. The highest BCUT2D eigenvalue weighted by molar-refractivity contribution is 5.90. The summed E-state index contributed by atoms with van der Waals surface area (Å²) in [4.78, 5) is 18.8. The van der Waals surface area contributed by atoms with Crippen LogP contribution in [0.1, 0.15) is 38.7 Å². The Morgan fingerprint density at radius 3 is 2.66 bits per heavy atom. The van der Waals surface area contributed by atoms with Crippen LogP contribution < -0.4 is 16.0 Å². The predicted octanol–water partition coefficient (Wildman–Crippen LogP) is 2.45. The zero-order valence-electron chi connectivity index (χ0n) is 18.2. The molecule has 1 amide bonds. The van der Waals surface area contributed by atoms with Crippen LogP contribution in [0.25, 0.3) is 0 Å². The molecule has 0 aromatic heterocycles. The summed E-state index contributed by atoms with van der Waals surface area (Å²) in [5.41, 5.74) is 1.93. The summed E-state index contributed by atoms with van der Waals surface area (Å²) in [5.74, 6) is 1.51. The Morgan fingerprint density at radius 2 is 1.97 bits per heavy atom. The average molecular weight is 404 g/mol. The number of morpholine rings is 1. The Balaban J connectivity index is 1.76. The molecule has 0 atom stereocenters. The third-order valence-corrected chi connectivity index (χ3v) is 5.37. The first-order chi connectivity index (χ1) is 14.1. The monoisotopic (exact) mass is 403 g/mol. The number of hydrogen-bond donors (Lipinski definition) is 3. The second-order valence-electron chi connectivity index (χ2n) is 7.44. The van der Waals surface area contributed by atoms with E-state index in [-0.39, 0.29) is 5.91 Å². The third-order valence-electron chi connectivity index (χ3n) is 5.37.